The van der Waals surface area contributed by atoms with Crippen molar-refractivity contribution in [3.05, 3.63) is 46.2 Å². The molecule has 0 bridgehead atoms. The lowest BCUT2D eigenvalue weighted by atomic mass is 10.2. The molecular formula is C11H13BrN4. The summed E-state index contributed by atoms with van der Waals surface area (Å²) in [5.74, 6) is 0. The van der Waals surface area contributed by atoms with Gasteiger partial charge in [-0.2, -0.15) is 0 Å². The second-order valence-corrected chi connectivity index (χ2v) is 4.50. The van der Waals surface area contributed by atoms with Crippen molar-refractivity contribution in [3.63, 3.8) is 0 Å². The van der Waals surface area contributed by atoms with Gasteiger partial charge < -0.3 is 5.32 Å². The van der Waals surface area contributed by atoms with Gasteiger partial charge in [-0.25, -0.2) is 0 Å². The summed E-state index contributed by atoms with van der Waals surface area (Å²) in [4.78, 5) is 0. The normalized spacial score (nSPS) is 10.6. The maximum Gasteiger partial charge on any atom is 0.0738 e. The second kappa shape index (κ2) is 5.23. The number of aryl methyl sites for hydroxylation is 1. The first kappa shape index (κ1) is 11.3. The predicted molar refractivity (Wildman–Crippen MR) is 65.7 cm³/mol. The van der Waals surface area contributed by atoms with Gasteiger partial charge in [0.25, 0.3) is 0 Å². The molecule has 5 heteroatoms. The predicted octanol–water partition coefficient (Wildman–Crippen LogP) is 1.87. The number of benzene rings is 1. The first-order valence-corrected chi connectivity index (χ1v) is 5.84. The summed E-state index contributed by atoms with van der Waals surface area (Å²) in [6, 6.07) is 8.26. The van der Waals surface area contributed by atoms with Crippen molar-refractivity contribution in [2.24, 2.45) is 7.05 Å². The third-order valence-corrected chi connectivity index (χ3v) is 2.83. The highest BCUT2D eigenvalue weighted by Crippen LogP contribution is 2.11. The summed E-state index contributed by atoms with van der Waals surface area (Å²) in [5.41, 5.74) is 2.33. The zero-order valence-electron chi connectivity index (χ0n) is 9.02. The first-order chi connectivity index (χ1) is 7.75. The van der Waals surface area contributed by atoms with Crippen molar-refractivity contribution in [1.29, 1.82) is 0 Å². The molecule has 2 aromatic rings. The summed E-state index contributed by atoms with van der Waals surface area (Å²) >= 11 is 3.45. The molecule has 1 N–H and O–H groups in total. The third-order valence-electron chi connectivity index (χ3n) is 2.33. The Hall–Kier alpha value is -1.20. The molecule has 0 amide bonds. The minimum atomic E-state index is 0.774. The SMILES string of the molecule is Cn1nncc1CNCc1cccc(Br)c1. The van der Waals surface area contributed by atoms with Crippen LogP contribution >= 0.6 is 15.9 Å². The molecule has 0 spiro atoms. The topological polar surface area (TPSA) is 42.7 Å². The van der Waals surface area contributed by atoms with Crippen LogP contribution in [0.2, 0.25) is 0 Å². The summed E-state index contributed by atoms with van der Waals surface area (Å²) in [6.45, 7) is 1.61. The highest BCUT2D eigenvalue weighted by atomic mass is 79.9. The molecule has 4 nitrogen and oxygen atoms in total. The maximum atomic E-state index is 3.88. The van der Waals surface area contributed by atoms with E-state index < -0.39 is 0 Å². The van der Waals surface area contributed by atoms with Crippen LogP contribution in [0.25, 0.3) is 0 Å². The molecule has 0 radical (unpaired) electrons. The van der Waals surface area contributed by atoms with Gasteiger partial charge in [0.15, 0.2) is 0 Å². The molecule has 0 atom stereocenters. The van der Waals surface area contributed by atoms with Crippen LogP contribution < -0.4 is 5.32 Å². The molecule has 1 aromatic heterocycles. The molecular weight excluding hydrogens is 268 g/mol. The van der Waals surface area contributed by atoms with Gasteiger partial charge in [-0.3, -0.25) is 4.68 Å². The Balaban J connectivity index is 1.87. The van der Waals surface area contributed by atoms with Crippen molar-refractivity contribution in [2.45, 2.75) is 13.1 Å². The van der Waals surface area contributed by atoms with Crippen LogP contribution in [0.3, 0.4) is 0 Å². The largest absolute Gasteiger partial charge is 0.307 e. The van der Waals surface area contributed by atoms with E-state index in [-0.39, 0.29) is 0 Å². The van der Waals surface area contributed by atoms with E-state index in [1.54, 1.807) is 10.9 Å². The molecule has 0 aliphatic heterocycles. The Kier molecular flexibility index (Phi) is 3.69. The van der Waals surface area contributed by atoms with E-state index in [9.17, 15) is 0 Å². The number of rotatable bonds is 4. The first-order valence-electron chi connectivity index (χ1n) is 5.04. The fourth-order valence-corrected chi connectivity index (χ4v) is 1.90. The van der Waals surface area contributed by atoms with Gasteiger partial charge in [-0.05, 0) is 17.7 Å². The lowest BCUT2D eigenvalue weighted by Crippen LogP contribution is -2.15. The van der Waals surface area contributed by atoms with Crippen LogP contribution in [0, 0.1) is 0 Å². The average molecular weight is 281 g/mol. The molecule has 16 heavy (non-hydrogen) atoms. The number of nitrogens with zero attached hydrogens (tertiary/aromatic N) is 3. The van der Waals surface area contributed by atoms with E-state index in [2.05, 4.69) is 43.7 Å². The second-order valence-electron chi connectivity index (χ2n) is 3.58. The molecule has 1 heterocycles. The van der Waals surface area contributed by atoms with Crippen molar-refractivity contribution in [1.82, 2.24) is 20.3 Å². The van der Waals surface area contributed by atoms with Gasteiger partial charge in [0.2, 0.25) is 0 Å². The van der Waals surface area contributed by atoms with Crippen molar-refractivity contribution in [2.75, 3.05) is 0 Å². The van der Waals surface area contributed by atoms with Gasteiger partial charge in [-0.1, -0.05) is 33.3 Å². The molecule has 84 valence electrons. The lowest BCUT2D eigenvalue weighted by molar-refractivity contribution is 0.617. The number of hydrogen-bond donors (Lipinski definition) is 1. The van der Waals surface area contributed by atoms with Crippen molar-refractivity contribution in [3.8, 4) is 0 Å². The zero-order chi connectivity index (χ0) is 11.4. The monoisotopic (exact) mass is 280 g/mol. The van der Waals surface area contributed by atoms with Gasteiger partial charge in [0, 0.05) is 24.6 Å². The third kappa shape index (κ3) is 2.90. The van der Waals surface area contributed by atoms with Crippen LogP contribution in [-0.4, -0.2) is 15.0 Å². The number of halogens is 1. The zero-order valence-corrected chi connectivity index (χ0v) is 10.6. The number of nitrogens with one attached hydrogen (secondary N) is 1. The van der Waals surface area contributed by atoms with Gasteiger partial charge in [-0.15, -0.1) is 5.10 Å². The fraction of sp³-hybridized carbons (Fsp3) is 0.273. The molecule has 1 aromatic carbocycles. The summed E-state index contributed by atoms with van der Waals surface area (Å²) in [5, 5.41) is 11.1. The van der Waals surface area contributed by atoms with E-state index in [0.717, 1.165) is 23.3 Å². The molecule has 0 unspecified atom stereocenters. The van der Waals surface area contributed by atoms with E-state index in [1.165, 1.54) is 5.56 Å². The Morgan fingerprint density at radius 2 is 2.25 bits per heavy atom. The highest BCUT2D eigenvalue weighted by Gasteiger charge is 1.99. The Morgan fingerprint density at radius 3 is 2.94 bits per heavy atom. The van der Waals surface area contributed by atoms with E-state index >= 15 is 0 Å². The number of hydrogen-bond acceptors (Lipinski definition) is 3. The quantitative estimate of drug-likeness (QED) is 0.930. The van der Waals surface area contributed by atoms with E-state index in [1.807, 2.05) is 19.2 Å². The van der Waals surface area contributed by atoms with Crippen LogP contribution in [0.5, 0.6) is 0 Å². The molecule has 0 saturated heterocycles. The number of aromatic nitrogens is 3. The Labute approximate surface area is 103 Å². The minimum absolute atomic E-state index is 0.774. The van der Waals surface area contributed by atoms with Crippen LogP contribution in [0.4, 0.5) is 0 Å². The van der Waals surface area contributed by atoms with Crippen LogP contribution in [-0.2, 0) is 20.1 Å². The molecule has 0 fully saturated rings. The van der Waals surface area contributed by atoms with Crippen LogP contribution in [0.1, 0.15) is 11.3 Å². The smallest absolute Gasteiger partial charge is 0.0738 e. The van der Waals surface area contributed by atoms with Gasteiger partial charge >= 0.3 is 0 Å². The molecule has 0 saturated carbocycles. The summed E-state index contributed by atoms with van der Waals surface area (Å²) in [7, 11) is 1.89. The van der Waals surface area contributed by atoms with E-state index in [0.29, 0.717) is 0 Å². The fourth-order valence-electron chi connectivity index (χ4n) is 1.45. The summed E-state index contributed by atoms with van der Waals surface area (Å²) < 4.78 is 2.88. The van der Waals surface area contributed by atoms with Crippen LogP contribution in [0.15, 0.2) is 34.9 Å². The average Bonchev–Trinajstić information content (AvgIpc) is 2.65. The molecule has 0 aliphatic rings. The lowest BCUT2D eigenvalue weighted by Gasteiger charge is -2.05. The minimum Gasteiger partial charge on any atom is -0.307 e. The van der Waals surface area contributed by atoms with Gasteiger partial charge in [0.1, 0.15) is 0 Å². The standard InChI is InChI=1S/C11H13BrN4/c1-16-11(8-14-15-16)7-13-6-9-3-2-4-10(12)5-9/h2-5,8,13H,6-7H2,1H3. The highest BCUT2D eigenvalue weighted by molar-refractivity contribution is 9.10. The van der Waals surface area contributed by atoms with Crippen molar-refractivity contribution >= 4 is 15.9 Å². The Morgan fingerprint density at radius 1 is 1.38 bits per heavy atom. The summed E-state index contributed by atoms with van der Waals surface area (Å²) in [6.07, 6.45) is 1.77. The maximum absolute atomic E-state index is 3.88. The molecule has 2 rings (SSSR count). The Bertz CT molecular complexity index is 467. The van der Waals surface area contributed by atoms with E-state index in [4.69, 9.17) is 0 Å². The van der Waals surface area contributed by atoms with Crippen molar-refractivity contribution < 1.29 is 0 Å². The molecule has 0 aliphatic carbocycles. The van der Waals surface area contributed by atoms with Gasteiger partial charge in [0.05, 0.1) is 11.9 Å².